The molecule has 3 nitrogen and oxygen atoms in total. The summed E-state index contributed by atoms with van der Waals surface area (Å²) in [6.45, 7) is -4.59. The van der Waals surface area contributed by atoms with E-state index in [1.165, 1.54) is 0 Å². The van der Waals surface area contributed by atoms with Gasteiger partial charge in [-0.25, -0.2) is 0 Å². The lowest BCUT2D eigenvalue weighted by Crippen LogP contribution is -2.58. The summed E-state index contributed by atoms with van der Waals surface area (Å²) >= 11 is 0. The van der Waals surface area contributed by atoms with Crippen LogP contribution in [0.1, 0.15) is 20.8 Å². The summed E-state index contributed by atoms with van der Waals surface area (Å²) in [4.78, 5) is 0. The zero-order valence-electron chi connectivity index (χ0n) is 13.9. The molecule has 0 aliphatic heterocycles. The zero-order chi connectivity index (χ0) is 21.0. The molecule has 0 amide bonds. The molecule has 0 aliphatic rings. The van der Waals surface area contributed by atoms with E-state index in [0.717, 1.165) is 20.8 Å². The Labute approximate surface area is 142 Å². The Kier molecular flexibility index (Phi) is 8.20. The summed E-state index contributed by atoms with van der Waals surface area (Å²) < 4.78 is 143. The molecule has 0 aromatic heterocycles. The van der Waals surface area contributed by atoms with Crippen LogP contribution in [0.4, 0.5) is 43.9 Å². The standard InChI is InChI=1S/C13H18F10O3/c1-4-24-5-9(14,15)12(20,21)10(16,17)6-25-7-11(18,19)13(22,23)26-8(2)3/h8H,4-7H2,1-3H3. The highest BCUT2D eigenvalue weighted by Gasteiger charge is 2.71. The van der Waals surface area contributed by atoms with E-state index in [9.17, 15) is 43.9 Å². The van der Waals surface area contributed by atoms with Gasteiger partial charge in [-0.05, 0) is 20.8 Å². The van der Waals surface area contributed by atoms with Crippen LogP contribution in [0.5, 0.6) is 0 Å². The van der Waals surface area contributed by atoms with Crippen LogP contribution in [0, 0.1) is 0 Å². The Morgan fingerprint density at radius 1 is 0.654 bits per heavy atom. The molecule has 0 saturated carbocycles. The fraction of sp³-hybridized carbons (Fsp3) is 1.00. The molecule has 0 spiro atoms. The monoisotopic (exact) mass is 412 g/mol. The third kappa shape index (κ3) is 5.84. The van der Waals surface area contributed by atoms with Crippen molar-refractivity contribution in [2.45, 2.75) is 56.7 Å². The molecular formula is C13H18F10O3. The quantitative estimate of drug-likeness (QED) is 0.439. The van der Waals surface area contributed by atoms with Crippen molar-refractivity contribution < 1.29 is 58.1 Å². The molecule has 158 valence electrons. The molecule has 0 rings (SSSR count). The number of halogens is 10. The molecule has 0 saturated heterocycles. The average Bonchev–Trinajstić information content (AvgIpc) is 2.42. The predicted molar refractivity (Wildman–Crippen MR) is 68.3 cm³/mol. The molecule has 13 heteroatoms. The smallest absolute Gasteiger partial charge is 0.375 e. The second-order valence-electron chi connectivity index (χ2n) is 5.50. The normalized spacial score (nSPS) is 15.0. The summed E-state index contributed by atoms with van der Waals surface area (Å²) in [5, 5.41) is 0. The Bertz CT molecular complexity index is 440. The first-order valence-electron chi connectivity index (χ1n) is 7.16. The van der Waals surface area contributed by atoms with Crippen LogP contribution < -0.4 is 0 Å². The van der Waals surface area contributed by atoms with Gasteiger partial charge in [-0.3, -0.25) is 0 Å². The Balaban J connectivity index is 5.01. The van der Waals surface area contributed by atoms with Gasteiger partial charge in [-0.15, -0.1) is 0 Å². The fourth-order valence-corrected chi connectivity index (χ4v) is 1.45. The van der Waals surface area contributed by atoms with Gasteiger partial charge < -0.3 is 14.2 Å². The predicted octanol–water partition coefficient (Wildman–Crippen LogP) is 4.60. The fourth-order valence-electron chi connectivity index (χ4n) is 1.45. The summed E-state index contributed by atoms with van der Waals surface area (Å²) in [7, 11) is 0. The minimum atomic E-state index is -6.04. The van der Waals surface area contributed by atoms with Gasteiger partial charge in [-0.1, -0.05) is 0 Å². The lowest BCUT2D eigenvalue weighted by molar-refractivity contribution is -0.372. The van der Waals surface area contributed by atoms with E-state index in [2.05, 4.69) is 14.2 Å². The molecular weight excluding hydrogens is 394 g/mol. The first kappa shape index (κ1) is 25.2. The van der Waals surface area contributed by atoms with Crippen LogP contribution in [-0.2, 0) is 14.2 Å². The van der Waals surface area contributed by atoms with E-state index in [1.54, 1.807) is 0 Å². The van der Waals surface area contributed by atoms with Crippen molar-refractivity contribution in [1.82, 2.24) is 0 Å². The van der Waals surface area contributed by atoms with E-state index in [1.807, 2.05) is 0 Å². The summed E-state index contributed by atoms with van der Waals surface area (Å²) in [5.41, 5.74) is 0. The van der Waals surface area contributed by atoms with Gasteiger partial charge in [0.05, 0.1) is 6.10 Å². The van der Waals surface area contributed by atoms with E-state index >= 15 is 0 Å². The van der Waals surface area contributed by atoms with Gasteiger partial charge in [-0.2, -0.15) is 43.9 Å². The second kappa shape index (κ2) is 8.46. The number of alkyl halides is 10. The lowest BCUT2D eigenvalue weighted by atomic mass is 10.1. The molecule has 0 unspecified atom stereocenters. The van der Waals surface area contributed by atoms with Crippen molar-refractivity contribution in [3.8, 4) is 0 Å². The highest BCUT2D eigenvalue weighted by Crippen LogP contribution is 2.46. The Morgan fingerprint density at radius 3 is 1.42 bits per heavy atom. The molecule has 0 aromatic rings. The number of hydrogen-bond acceptors (Lipinski definition) is 3. The van der Waals surface area contributed by atoms with Crippen molar-refractivity contribution in [2.75, 3.05) is 26.4 Å². The molecule has 26 heavy (non-hydrogen) atoms. The molecule has 0 atom stereocenters. The van der Waals surface area contributed by atoms with Gasteiger partial charge in [0.15, 0.2) is 0 Å². The summed E-state index contributed by atoms with van der Waals surface area (Å²) in [6, 6.07) is 0. The minimum absolute atomic E-state index is 0.481. The van der Waals surface area contributed by atoms with Gasteiger partial charge in [0, 0.05) is 6.61 Å². The van der Waals surface area contributed by atoms with E-state index in [0.29, 0.717) is 0 Å². The number of rotatable bonds is 12. The second-order valence-corrected chi connectivity index (χ2v) is 5.50. The topological polar surface area (TPSA) is 27.7 Å². The third-order valence-electron chi connectivity index (χ3n) is 2.78. The highest BCUT2D eigenvalue weighted by atomic mass is 19.3. The molecule has 0 heterocycles. The van der Waals surface area contributed by atoms with Crippen molar-refractivity contribution in [3.05, 3.63) is 0 Å². The van der Waals surface area contributed by atoms with Crippen LogP contribution in [-0.4, -0.2) is 62.3 Å². The maximum atomic E-state index is 13.3. The van der Waals surface area contributed by atoms with Crippen LogP contribution >= 0.6 is 0 Å². The zero-order valence-corrected chi connectivity index (χ0v) is 13.9. The van der Waals surface area contributed by atoms with Crippen LogP contribution in [0.25, 0.3) is 0 Å². The van der Waals surface area contributed by atoms with Crippen molar-refractivity contribution in [1.29, 1.82) is 0 Å². The third-order valence-corrected chi connectivity index (χ3v) is 2.78. The average molecular weight is 412 g/mol. The van der Waals surface area contributed by atoms with Gasteiger partial charge in [0.1, 0.15) is 19.8 Å². The number of hydrogen-bond donors (Lipinski definition) is 0. The number of ether oxygens (including phenoxy) is 3. The molecule has 0 fully saturated rings. The van der Waals surface area contributed by atoms with Gasteiger partial charge in [0.2, 0.25) is 0 Å². The summed E-state index contributed by atoms with van der Waals surface area (Å²) in [5.74, 6) is -22.2. The van der Waals surface area contributed by atoms with E-state index < -0.39 is 62.3 Å². The van der Waals surface area contributed by atoms with Crippen molar-refractivity contribution in [2.24, 2.45) is 0 Å². The molecule has 0 radical (unpaired) electrons. The SMILES string of the molecule is CCOCC(F)(F)C(F)(F)C(F)(F)COCC(F)(F)C(F)(F)OC(C)C. The lowest BCUT2D eigenvalue weighted by Gasteiger charge is -2.33. The van der Waals surface area contributed by atoms with E-state index in [4.69, 9.17) is 0 Å². The molecule has 0 aliphatic carbocycles. The van der Waals surface area contributed by atoms with Crippen LogP contribution in [0.3, 0.4) is 0 Å². The first-order chi connectivity index (χ1) is 11.4. The highest BCUT2D eigenvalue weighted by molar-refractivity contribution is 4.96. The Morgan fingerprint density at radius 2 is 1.04 bits per heavy atom. The van der Waals surface area contributed by atoms with Gasteiger partial charge >= 0.3 is 29.8 Å². The molecule has 0 aromatic carbocycles. The molecule has 0 N–H and O–H groups in total. The Hall–Kier alpha value is -0.820. The van der Waals surface area contributed by atoms with Gasteiger partial charge in [0.25, 0.3) is 0 Å². The summed E-state index contributed by atoms with van der Waals surface area (Å²) in [6.07, 6.45) is -6.54. The van der Waals surface area contributed by atoms with Crippen LogP contribution in [0.2, 0.25) is 0 Å². The maximum Gasteiger partial charge on any atom is 0.422 e. The largest absolute Gasteiger partial charge is 0.422 e. The first-order valence-corrected chi connectivity index (χ1v) is 7.16. The van der Waals surface area contributed by atoms with E-state index in [-0.39, 0.29) is 0 Å². The minimum Gasteiger partial charge on any atom is -0.375 e. The van der Waals surface area contributed by atoms with Crippen molar-refractivity contribution in [3.63, 3.8) is 0 Å². The van der Waals surface area contributed by atoms with Crippen LogP contribution in [0.15, 0.2) is 0 Å². The molecule has 0 bridgehead atoms. The maximum absolute atomic E-state index is 13.3. The van der Waals surface area contributed by atoms with Crippen molar-refractivity contribution >= 4 is 0 Å².